The van der Waals surface area contributed by atoms with Gasteiger partial charge in [-0.3, -0.25) is 0 Å². The summed E-state index contributed by atoms with van der Waals surface area (Å²) in [5, 5.41) is 1.31. The summed E-state index contributed by atoms with van der Waals surface area (Å²) < 4.78 is 0.335. The Morgan fingerprint density at radius 3 is 2.31 bits per heavy atom. The Hall–Kier alpha value is 1.05. The van der Waals surface area contributed by atoms with Crippen molar-refractivity contribution in [1.82, 2.24) is 0 Å². The van der Waals surface area contributed by atoms with Crippen molar-refractivity contribution in [2.75, 3.05) is 0 Å². The topological polar surface area (TPSA) is 0 Å². The Morgan fingerprint density at radius 1 is 0.719 bits per heavy atom. The quantitative estimate of drug-likeness (QED) is 0.249. The largest absolute Gasteiger partial charge is 0.176 e. The van der Waals surface area contributed by atoms with Crippen LogP contribution in [0, 0.1) is 53.3 Å². The van der Waals surface area contributed by atoms with Gasteiger partial charge in [-0.1, -0.05) is 44.9 Å². The summed E-state index contributed by atoms with van der Waals surface area (Å²) in [5.41, 5.74) is 0. The van der Waals surface area contributed by atoms with Crippen LogP contribution in [0.3, 0.4) is 0 Å². The minimum atomic E-state index is 0.335. The molecule has 6 rings (SSSR count). The minimum Gasteiger partial charge on any atom is -0.176 e. The van der Waals surface area contributed by atoms with E-state index in [2.05, 4.69) is 12.6 Å². The molecule has 182 valence electrons. The van der Waals surface area contributed by atoms with Gasteiger partial charge in [-0.25, -0.2) is 0 Å². The molecule has 6 aliphatic rings. The first-order valence-electron chi connectivity index (χ1n) is 14.6. The molecule has 32 heavy (non-hydrogen) atoms. The second-order valence-corrected chi connectivity index (χ2v) is 15.6. The second-order valence-electron chi connectivity index (χ2n) is 13.4. The summed E-state index contributed by atoms with van der Waals surface area (Å²) in [4.78, 5) is 0. The number of unbranched alkanes of at least 4 members (excludes halogenated alkanes) is 1. The van der Waals surface area contributed by atoms with Gasteiger partial charge in [-0.15, -0.1) is 0 Å². The van der Waals surface area contributed by atoms with Crippen molar-refractivity contribution in [3.05, 3.63) is 0 Å². The smallest absolute Gasteiger partial charge is 0.0204 e. The number of hydrogen-bond acceptors (Lipinski definition) is 3. The van der Waals surface area contributed by atoms with E-state index in [1.165, 1.54) is 96.3 Å². The van der Waals surface area contributed by atoms with Crippen molar-refractivity contribution >= 4 is 37.9 Å². The van der Waals surface area contributed by atoms with Gasteiger partial charge in [0.05, 0.1) is 0 Å². The molecule has 0 heterocycles. The molecule has 0 amide bonds. The summed E-state index contributed by atoms with van der Waals surface area (Å²) >= 11 is 15.5. The number of fused-ring (bicyclic) bond motifs is 6. The Morgan fingerprint density at radius 2 is 1.47 bits per heavy atom. The van der Waals surface area contributed by atoms with E-state index in [1.54, 1.807) is 12.8 Å². The fourth-order valence-electron chi connectivity index (χ4n) is 10.3. The van der Waals surface area contributed by atoms with Crippen molar-refractivity contribution in [2.24, 2.45) is 53.3 Å². The fraction of sp³-hybridized carbons (Fsp3) is 1.00. The highest BCUT2D eigenvalue weighted by Gasteiger charge is 2.64. The molecule has 0 nitrogen and oxygen atoms in total. The molecule has 0 spiro atoms. The number of hydrogen-bond donors (Lipinski definition) is 3. The van der Waals surface area contributed by atoms with E-state index in [0.717, 1.165) is 53.3 Å². The SMILES string of the molecule is SC1CCC(CCCCC2CC3(S)C4CC(CCCCC5C6CCC(CC4S)C56)C23)CC1. The normalized spacial score (nSPS) is 54.7. The van der Waals surface area contributed by atoms with Gasteiger partial charge >= 0.3 is 0 Å². The molecule has 3 heteroatoms. The van der Waals surface area contributed by atoms with Crippen molar-refractivity contribution in [3.63, 3.8) is 0 Å². The van der Waals surface area contributed by atoms with Gasteiger partial charge in [0.1, 0.15) is 0 Å². The molecule has 10 unspecified atom stereocenters. The van der Waals surface area contributed by atoms with Gasteiger partial charge in [-0.2, -0.15) is 37.9 Å². The lowest BCUT2D eigenvalue weighted by Crippen LogP contribution is -2.53. The number of rotatable bonds is 5. The lowest BCUT2D eigenvalue weighted by Gasteiger charge is -2.54. The molecular formula is C29H48S3. The highest BCUT2D eigenvalue weighted by atomic mass is 32.1. The predicted molar refractivity (Wildman–Crippen MR) is 147 cm³/mol. The van der Waals surface area contributed by atoms with Crippen LogP contribution in [0.5, 0.6) is 0 Å². The zero-order chi connectivity index (χ0) is 21.9. The average Bonchev–Trinajstić information content (AvgIpc) is 3.21. The molecular weight excluding hydrogens is 445 g/mol. The van der Waals surface area contributed by atoms with E-state index in [9.17, 15) is 0 Å². The van der Waals surface area contributed by atoms with Crippen LogP contribution in [0.15, 0.2) is 0 Å². The Kier molecular flexibility index (Phi) is 6.96. The third kappa shape index (κ3) is 4.27. The first-order valence-corrected chi connectivity index (χ1v) is 16.1. The van der Waals surface area contributed by atoms with Gasteiger partial charge < -0.3 is 0 Å². The molecule has 0 saturated heterocycles. The van der Waals surface area contributed by atoms with E-state index in [4.69, 9.17) is 25.3 Å². The van der Waals surface area contributed by atoms with Gasteiger partial charge in [-0.05, 0) is 117 Å². The summed E-state index contributed by atoms with van der Waals surface area (Å²) in [6, 6.07) is 0. The molecule has 10 atom stereocenters. The molecule has 0 radical (unpaired) electrons. The maximum atomic E-state index is 5.53. The predicted octanol–water partition coefficient (Wildman–Crippen LogP) is 8.51. The zero-order valence-electron chi connectivity index (χ0n) is 20.2. The molecule has 0 aromatic heterocycles. The van der Waals surface area contributed by atoms with Crippen LogP contribution in [0.4, 0.5) is 0 Å². The van der Waals surface area contributed by atoms with Crippen molar-refractivity contribution < 1.29 is 0 Å². The summed E-state index contributed by atoms with van der Waals surface area (Å²) in [6.45, 7) is 0. The molecule has 6 aliphatic carbocycles. The molecule has 6 fully saturated rings. The third-order valence-electron chi connectivity index (χ3n) is 11.8. The summed E-state index contributed by atoms with van der Waals surface area (Å²) in [6.07, 6.45) is 24.9. The van der Waals surface area contributed by atoms with Crippen molar-refractivity contribution in [2.45, 2.75) is 124 Å². The van der Waals surface area contributed by atoms with Crippen molar-refractivity contribution in [1.29, 1.82) is 0 Å². The lowest BCUT2D eigenvalue weighted by molar-refractivity contribution is 0.0661. The third-order valence-corrected chi connectivity index (χ3v) is 13.7. The van der Waals surface area contributed by atoms with Crippen LogP contribution in [-0.2, 0) is 0 Å². The Labute approximate surface area is 214 Å². The van der Waals surface area contributed by atoms with E-state index in [0.29, 0.717) is 15.2 Å². The summed E-state index contributed by atoms with van der Waals surface area (Å²) in [5.74, 6) is 8.99. The first-order chi connectivity index (χ1) is 15.5. The molecule has 0 aromatic rings. The van der Waals surface area contributed by atoms with Crippen molar-refractivity contribution in [3.8, 4) is 0 Å². The maximum Gasteiger partial charge on any atom is 0.0204 e. The highest BCUT2D eigenvalue weighted by Crippen LogP contribution is 2.69. The molecule has 0 aromatic carbocycles. The molecule has 0 N–H and O–H groups in total. The average molecular weight is 493 g/mol. The highest BCUT2D eigenvalue weighted by molar-refractivity contribution is 7.82. The first kappa shape index (κ1) is 23.4. The van der Waals surface area contributed by atoms with E-state index in [1.807, 2.05) is 0 Å². The van der Waals surface area contributed by atoms with Crippen LogP contribution < -0.4 is 0 Å². The van der Waals surface area contributed by atoms with Gasteiger partial charge in [0.2, 0.25) is 0 Å². The van der Waals surface area contributed by atoms with Gasteiger partial charge in [0.25, 0.3) is 0 Å². The van der Waals surface area contributed by atoms with Crippen LogP contribution >= 0.6 is 37.9 Å². The van der Waals surface area contributed by atoms with E-state index >= 15 is 0 Å². The van der Waals surface area contributed by atoms with Crippen LogP contribution in [-0.4, -0.2) is 15.2 Å². The summed E-state index contributed by atoms with van der Waals surface area (Å²) in [7, 11) is 0. The Balaban J connectivity index is 1.04. The zero-order valence-corrected chi connectivity index (χ0v) is 22.9. The van der Waals surface area contributed by atoms with E-state index in [-0.39, 0.29) is 0 Å². The molecule has 2 bridgehead atoms. The maximum absolute atomic E-state index is 5.53. The minimum absolute atomic E-state index is 0.335. The van der Waals surface area contributed by atoms with Gasteiger partial charge in [0, 0.05) is 15.2 Å². The molecule has 6 saturated carbocycles. The lowest BCUT2D eigenvalue weighted by atomic mass is 9.58. The number of thiol groups is 3. The van der Waals surface area contributed by atoms with E-state index < -0.39 is 0 Å². The standard InChI is InChI=1S/C29H48S3/c30-22-12-9-18(10-13-22)5-1-2-7-21-17-29(32)25-15-20(28(21)29)6-3-4-8-23-24-14-11-19(27(23)24)16-26(25)31/h18-28,30-32H,1-17H2. The fourth-order valence-corrected chi connectivity index (χ4v) is 12.3. The monoisotopic (exact) mass is 492 g/mol. The van der Waals surface area contributed by atoms with Gasteiger partial charge in [0.15, 0.2) is 0 Å². The second kappa shape index (κ2) is 9.49. The Bertz CT molecular complexity index is 657. The molecule has 0 aliphatic heterocycles. The van der Waals surface area contributed by atoms with Crippen LogP contribution in [0.1, 0.15) is 109 Å². The van der Waals surface area contributed by atoms with Crippen LogP contribution in [0.2, 0.25) is 0 Å². The van der Waals surface area contributed by atoms with Crippen LogP contribution in [0.25, 0.3) is 0 Å².